The number of anilines is 1. The largest absolute Gasteiger partial charge is 0.378 e. The Kier molecular flexibility index (Phi) is 6.13. The highest BCUT2D eigenvalue weighted by Gasteiger charge is 2.18. The zero-order valence-electron chi connectivity index (χ0n) is 16.0. The molecule has 1 aromatic heterocycles. The molecular weight excluding hydrogens is 344 g/mol. The van der Waals surface area contributed by atoms with Crippen LogP contribution < -0.4 is 11.1 Å². The normalized spacial score (nSPS) is 15.9. The fourth-order valence-corrected chi connectivity index (χ4v) is 3.32. The monoisotopic (exact) mass is 372 g/mol. The molecule has 1 atom stereocenters. The first kappa shape index (κ1) is 19.4. The Hall–Kier alpha value is -2.38. The molecule has 7 nitrogen and oxygen atoms in total. The number of ether oxygens (including phenoxy) is 1. The molecule has 2 heterocycles. The smallest absolute Gasteiger partial charge is 0.242 e. The zero-order chi connectivity index (χ0) is 19.4. The average molecular weight is 372 g/mol. The Morgan fingerprint density at radius 2 is 1.96 bits per heavy atom. The molecule has 2 amide bonds. The van der Waals surface area contributed by atoms with E-state index in [1.807, 2.05) is 53.8 Å². The van der Waals surface area contributed by atoms with Crippen molar-refractivity contribution < 1.29 is 14.3 Å². The SMILES string of the molecule is CC(C)C[C@H](N)C(=O)Nc1ccc2c(ccn2CC(=O)N2CCOCC2)c1. The van der Waals surface area contributed by atoms with Crippen LogP contribution in [0.15, 0.2) is 30.5 Å². The van der Waals surface area contributed by atoms with Gasteiger partial charge in [0.2, 0.25) is 11.8 Å². The van der Waals surface area contributed by atoms with Gasteiger partial charge in [-0.1, -0.05) is 13.8 Å². The first-order valence-corrected chi connectivity index (χ1v) is 9.45. The van der Waals surface area contributed by atoms with Crippen LogP contribution in [-0.2, 0) is 20.9 Å². The molecule has 3 N–H and O–H groups in total. The highest BCUT2D eigenvalue weighted by atomic mass is 16.5. The molecule has 3 rings (SSSR count). The number of nitrogens with two attached hydrogens (primary N) is 1. The van der Waals surface area contributed by atoms with Crippen molar-refractivity contribution in [2.24, 2.45) is 11.7 Å². The molecule has 0 radical (unpaired) electrons. The van der Waals surface area contributed by atoms with Crippen LogP contribution in [0.2, 0.25) is 0 Å². The number of fused-ring (bicyclic) bond motifs is 1. The quantitative estimate of drug-likeness (QED) is 0.809. The maximum atomic E-state index is 12.5. The third-order valence-corrected chi connectivity index (χ3v) is 4.77. The summed E-state index contributed by atoms with van der Waals surface area (Å²) < 4.78 is 7.23. The Balaban J connectivity index is 1.67. The number of hydrogen-bond acceptors (Lipinski definition) is 4. The van der Waals surface area contributed by atoms with E-state index in [0.29, 0.717) is 50.9 Å². The van der Waals surface area contributed by atoms with Gasteiger partial charge in [-0.05, 0) is 36.6 Å². The molecule has 1 saturated heterocycles. The Bertz CT molecular complexity index is 809. The lowest BCUT2D eigenvalue weighted by atomic mass is 10.0. The fourth-order valence-electron chi connectivity index (χ4n) is 3.32. The highest BCUT2D eigenvalue weighted by Crippen LogP contribution is 2.21. The van der Waals surface area contributed by atoms with E-state index >= 15 is 0 Å². The summed E-state index contributed by atoms with van der Waals surface area (Å²) in [6, 6.07) is 7.11. The number of amides is 2. The van der Waals surface area contributed by atoms with Crippen LogP contribution in [0.3, 0.4) is 0 Å². The maximum Gasteiger partial charge on any atom is 0.242 e. The third kappa shape index (κ3) is 4.87. The number of hydrogen-bond donors (Lipinski definition) is 2. The topological polar surface area (TPSA) is 89.6 Å². The van der Waals surface area contributed by atoms with Crippen LogP contribution in [0.25, 0.3) is 10.9 Å². The lowest BCUT2D eigenvalue weighted by Gasteiger charge is -2.27. The van der Waals surface area contributed by atoms with E-state index in [4.69, 9.17) is 10.5 Å². The van der Waals surface area contributed by atoms with Crippen molar-refractivity contribution in [1.29, 1.82) is 0 Å². The van der Waals surface area contributed by atoms with Gasteiger partial charge in [-0.25, -0.2) is 0 Å². The first-order chi connectivity index (χ1) is 12.9. The van der Waals surface area contributed by atoms with Crippen molar-refractivity contribution in [3.05, 3.63) is 30.5 Å². The Morgan fingerprint density at radius 1 is 1.22 bits per heavy atom. The summed E-state index contributed by atoms with van der Waals surface area (Å²) in [5.74, 6) is 0.282. The summed E-state index contributed by atoms with van der Waals surface area (Å²) >= 11 is 0. The van der Waals surface area contributed by atoms with Gasteiger partial charge >= 0.3 is 0 Å². The van der Waals surface area contributed by atoms with Gasteiger partial charge in [-0.15, -0.1) is 0 Å². The summed E-state index contributed by atoms with van der Waals surface area (Å²) in [7, 11) is 0. The van der Waals surface area contributed by atoms with Crippen molar-refractivity contribution in [2.75, 3.05) is 31.6 Å². The third-order valence-electron chi connectivity index (χ3n) is 4.77. The number of carbonyl (C=O) groups is 2. The lowest BCUT2D eigenvalue weighted by molar-refractivity contribution is -0.135. The van der Waals surface area contributed by atoms with Gasteiger partial charge in [0.25, 0.3) is 0 Å². The van der Waals surface area contributed by atoms with Crippen LogP contribution in [-0.4, -0.2) is 53.6 Å². The second-order valence-corrected chi connectivity index (χ2v) is 7.44. The minimum absolute atomic E-state index is 0.0906. The molecule has 7 heteroatoms. The van der Waals surface area contributed by atoms with E-state index in [1.165, 1.54) is 0 Å². The lowest BCUT2D eigenvalue weighted by Crippen LogP contribution is -2.42. The number of carbonyl (C=O) groups excluding carboxylic acids is 2. The summed E-state index contributed by atoms with van der Waals surface area (Å²) in [6.45, 7) is 6.87. The van der Waals surface area contributed by atoms with E-state index in [0.717, 1.165) is 10.9 Å². The van der Waals surface area contributed by atoms with E-state index in [1.54, 1.807) is 0 Å². The number of benzene rings is 1. The van der Waals surface area contributed by atoms with Crippen LogP contribution in [0.4, 0.5) is 5.69 Å². The van der Waals surface area contributed by atoms with E-state index in [-0.39, 0.29) is 11.8 Å². The average Bonchev–Trinajstić information content (AvgIpc) is 3.04. The molecule has 1 aromatic carbocycles. The number of aromatic nitrogens is 1. The van der Waals surface area contributed by atoms with Crippen molar-refractivity contribution in [2.45, 2.75) is 32.9 Å². The van der Waals surface area contributed by atoms with Gasteiger partial charge in [0.15, 0.2) is 0 Å². The highest BCUT2D eigenvalue weighted by molar-refractivity contribution is 5.97. The van der Waals surface area contributed by atoms with Crippen molar-refractivity contribution in [3.8, 4) is 0 Å². The second kappa shape index (κ2) is 8.54. The molecule has 0 spiro atoms. The molecule has 0 bridgehead atoms. The predicted octanol–water partition coefficient (Wildman–Crippen LogP) is 1.81. The zero-order valence-corrected chi connectivity index (χ0v) is 16.0. The number of nitrogens with one attached hydrogen (secondary N) is 1. The van der Waals surface area contributed by atoms with Gasteiger partial charge in [-0.2, -0.15) is 0 Å². The number of rotatable bonds is 6. The summed E-state index contributed by atoms with van der Waals surface area (Å²) in [5.41, 5.74) is 7.61. The van der Waals surface area contributed by atoms with Crippen molar-refractivity contribution >= 4 is 28.4 Å². The Labute approximate surface area is 159 Å². The summed E-state index contributed by atoms with van der Waals surface area (Å²) in [6.07, 6.45) is 2.55. The molecule has 1 fully saturated rings. The molecule has 1 aliphatic rings. The molecule has 0 saturated carbocycles. The van der Waals surface area contributed by atoms with Crippen LogP contribution in [0.5, 0.6) is 0 Å². The van der Waals surface area contributed by atoms with Crippen LogP contribution in [0, 0.1) is 5.92 Å². The Morgan fingerprint density at radius 3 is 2.67 bits per heavy atom. The summed E-state index contributed by atoms with van der Waals surface area (Å²) in [4.78, 5) is 26.5. The van der Waals surface area contributed by atoms with Crippen molar-refractivity contribution in [1.82, 2.24) is 9.47 Å². The molecule has 0 unspecified atom stereocenters. The van der Waals surface area contributed by atoms with E-state index in [2.05, 4.69) is 5.32 Å². The maximum absolute atomic E-state index is 12.5. The molecule has 146 valence electrons. The predicted molar refractivity (Wildman–Crippen MR) is 105 cm³/mol. The van der Waals surface area contributed by atoms with Gasteiger partial charge in [0, 0.05) is 35.9 Å². The standard InChI is InChI=1S/C20H28N4O3/c1-14(2)11-17(21)20(26)22-16-3-4-18-15(12-16)5-6-24(18)13-19(25)23-7-9-27-10-8-23/h3-6,12,14,17H,7-11,13,21H2,1-2H3,(H,22,26)/t17-/m0/s1. The van der Waals surface area contributed by atoms with Crippen LogP contribution >= 0.6 is 0 Å². The molecule has 2 aromatic rings. The molecule has 27 heavy (non-hydrogen) atoms. The van der Waals surface area contributed by atoms with E-state index in [9.17, 15) is 9.59 Å². The van der Waals surface area contributed by atoms with Gasteiger partial charge in [-0.3, -0.25) is 9.59 Å². The van der Waals surface area contributed by atoms with Gasteiger partial charge in [0.1, 0.15) is 6.54 Å². The second-order valence-electron chi connectivity index (χ2n) is 7.44. The first-order valence-electron chi connectivity index (χ1n) is 9.45. The fraction of sp³-hybridized carbons (Fsp3) is 0.500. The minimum Gasteiger partial charge on any atom is -0.378 e. The molecule has 0 aliphatic carbocycles. The van der Waals surface area contributed by atoms with Crippen LogP contribution in [0.1, 0.15) is 20.3 Å². The molecular formula is C20H28N4O3. The molecule has 1 aliphatic heterocycles. The van der Waals surface area contributed by atoms with E-state index < -0.39 is 6.04 Å². The minimum atomic E-state index is -0.517. The number of morpholine rings is 1. The number of nitrogens with zero attached hydrogens (tertiary/aromatic N) is 2. The summed E-state index contributed by atoms with van der Waals surface area (Å²) in [5, 5.41) is 3.85. The van der Waals surface area contributed by atoms with Crippen molar-refractivity contribution in [3.63, 3.8) is 0 Å². The van der Waals surface area contributed by atoms with Gasteiger partial charge < -0.3 is 25.3 Å². The van der Waals surface area contributed by atoms with Gasteiger partial charge in [0.05, 0.1) is 19.3 Å².